The number of hydrogen-bond acceptors (Lipinski definition) is 2. The second-order valence-corrected chi connectivity index (χ2v) is 3.88. The van der Waals surface area contributed by atoms with Crippen molar-refractivity contribution in [3.8, 4) is 0 Å². The molecular weight excluding hydrogens is 174 g/mol. The van der Waals surface area contributed by atoms with Crippen molar-refractivity contribution in [2.75, 3.05) is 7.11 Å². The summed E-state index contributed by atoms with van der Waals surface area (Å²) < 4.78 is 0. The lowest BCUT2D eigenvalue weighted by molar-refractivity contribution is 0.212. The summed E-state index contributed by atoms with van der Waals surface area (Å²) in [6.07, 6.45) is 10.6. The van der Waals surface area contributed by atoms with Gasteiger partial charge in [-0.2, -0.15) is 0 Å². The molecule has 0 amide bonds. The highest BCUT2D eigenvalue weighted by Gasteiger charge is 1.93. The fourth-order valence-corrected chi connectivity index (χ4v) is 1.54. The van der Waals surface area contributed by atoms with Crippen LogP contribution in [0.25, 0.3) is 0 Å². The molecule has 0 unspecified atom stereocenters. The van der Waals surface area contributed by atoms with Crippen LogP contribution in [-0.2, 0) is 4.84 Å². The van der Waals surface area contributed by atoms with E-state index >= 15 is 0 Å². The molecule has 0 aromatic heterocycles. The summed E-state index contributed by atoms with van der Waals surface area (Å²) >= 11 is 0. The van der Waals surface area contributed by atoms with E-state index in [1.165, 1.54) is 44.9 Å². The first-order valence-electron chi connectivity index (χ1n) is 5.88. The van der Waals surface area contributed by atoms with Crippen LogP contribution in [0.5, 0.6) is 0 Å². The molecule has 0 radical (unpaired) electrons. The smallest absolute Gasteiger partial charge is 0.106 e. The molecule has 2 nitrogen and oxygen atoms in total. The van der Waals surface area contributed by atoms with E-state index in [4.69, 9.17) is 4.84 Å². The lowest BCUT2D eigenvalue weighted by Crippen LogP contribution is -1.92. The van der Waals surface area contributed by atoms with Crippen molar-refractivity contribution in [1.29, 1.82) is 0 Å². The van der Waals surface area contributed by atoms with Gasteiger partial charge < -0.3 is 4.84 Å². The number of unbranched alkanes of at least 4 members (excludes halogenated alkanes) is 6. The van der Waals surface area contributed by atoms with Crippen LogP contribution in [0.15, 0.2) is 5.16 Å². The maximum absolute atomic E-state index is 4.70. The Morgan fingerprint density at radius 2 is 1.57 bits per heavy atom. The average Bonchev–Trinajstić information content (AvgIpc) is 2.17. The fourth-order valence-electron chi connectivity index (χ4n) is 1.54. The third-order valence-corrected chi connectivity index (χ3v) is 2.39. The van der Waals surface area contributed by atoms with E-state index < -0.39 is 0 Å². The average molecular weight is 199 g/mol. The van der Waals surface area contributed by atoms with Gasteiger partial charge in [-0.05, 0) is 19.8 Å². The fraction of sp³-hybridized carbons (Fsp3) is 0.917. The molecule has 0 N–H and O–H groups in total. The summed E-state index contributed by atoms with van der Waals surface area (Å²) in [5.74, 6) is 0. The molecule has 0 aromatic rings. The molecule has 0 saturated heterocycles. The highest BCUT2D eigenvalue weighted by atomic mass is 16.6. The van der Waals surface area contributed by atoms with Crippen LogP contribution < -0.4 is 0 Å². The monoisotopic (exact) mass is 199 g/mol. The van der Waals surface area contributed by atoms with Gasteiger partial charge >= 0.3 is 0 Å². The van der Waals surface area contributed by atoms with Gasteiger partial charge in [0.1, 0.15) is 7.11 Å². The van der Waals surface area contributed by atoms with Crippen LogP contribution in [0.4, 0.5) is 0 Å². The lowest BCUT2D eigenvalue weighted by atomic mass is 10.1. The van der Waals surface area contributed by atoms with Crippen molar-refractivity contribution in [3.05, 3.63) is 0 Å². The van der Waals surface area contributed by atoms with Crippen LogP contribution in [-0.4, -0.2) is 12.8 Å². The second-order valence-electron chi connectivity index (χ2n) is 3.88. The van der Waals surface area contributed by atoms with Crippen molar-refractivity contribution in [2.24, 2.45) is 5.16 Å². The first-order chi connectivity index (χ1) is 6.81. The minimum Gasteiger partial charge on any atom is -0.399 e. The van der Waals surface area contributed by atoms with Crippen molar-refractivity contribution in [1.82, 2.24) is 0 Å². The minimum atomic E-state index is 1.08. The van der Waals surface area contributed by atoms with Crippen molar-refractivity contribution in [3.63, 3.8) is 0 Å². The minimum absolute atomic E-state index is 1.08. The molecular formula is C12H25NO. The Kier molecular flexibility index (Phi) is 10.2. The van der Waals surface area contributed by atoms with Crippen LogP contribution in [0, 0.1) is 0 Å². The van der Waals surface area contributed by atoms with Gasteiger partial charge in [0.25, 0.3) is 0 Å². The van der Waals surface area contributed by atoms with E-state index in [9.17, 15) is 0 Å². The predicted octanol–water partition coefficient (Wildman–Crippen LogP) is 4.15. The summed E-state index contributed by atoms with van der Waals surface area (Å²) in [6.45, 7) is 4.28. The Bertz CT molecular complexity index is 143. The largest absolute Gasteiger partial charge is 0.399 e. The van der Waals surface area contributed by atoms with Gasteiger partial charge in [-0.3, -0.25) is 0 Å². The Morgan fingerprint density at radius 3 is 2.14 bits per heavy atom. The van der Waals surface area contributed by atoms with Gasteiger partial charge in [0.15, 0.2) is 0 Å². The molecule has 84 valence electrons. The van der Waals surface area contributed by atoms with Gasteiger partial charge in [0, 0.05) is 0 Å². The van der Waals surface area contributed by atoms with E-state index in [-0.39, 0.29) is 0 Å². The molecule has 0 saturated carbocycles. The zero-order valence-electron chi connectivity index (χ0n) is 10.0. The molecule has 0 aliphatic heterocycles. The Labute approximate surface area is 88.7 Å². The molecule has 0 heterocycles. The summed E-state index contributed by atoms with van der Waals surface area (Å²) in [5.41, 5.74) is 1.11. The lowest BCUT2D eigenvalue weighted by Gasteiger charge is -2.01. The van der Waals surface area contributed by atoms with Crippen LogP contribution >= 0.6 is 0 Å². The first-order valence-corrected chi connectivity index (χ1v) is 5.88. The molecule has 0 atom stereocenters. The predicted molar refractivity (Wildman–Crippen MR) is 62.7 cm³/mol. The van der Waals surface area contributed by atoms with Crippen molar-refractivity contribution >= 4 is 5.71 Å². The summed E-state index contributed by atoms with van der Waals surface area (Å²) in [7, 11) is 1.61. The maximum Gasteiger partial charge on any atom is 0.106 e. The number of nitrogens with zero attached hydrogens (tertiary/aromatic N) is 1. The number of oxime groups is 1. The quantitative estimate of drug-likeness (QED) is 0.310. The molecule has 0 rings (SSSR count). The Balaban J connectivity index is 3.09. The van der Waals surface area contributed by atoms with Gasteiger partial charge in [0.05, 0.1) is 5.71 Å². The SMILES string of the molecule is CCCCCCCCCC(C)=NOC. The summed E-state index contributed by atoms with van der Waals surface area (Å²) in [4.78, 5) is 4.70. The van der Waals surface area contributed by atoms with E-state index in [0.29, 0.717) is 0 Å². The van der Waals surface area contributed by atoms with Crippen LogP contribution in [0.1, 0.15) is 65.2 Å². The standard InChI is InChI=1S/C12H25NO/c1-4-5-6-7-8-9-10-11-12(2)13-14-3/h4-11H2,1-3H3. The Hall–Kier alpha value is -0.530. The highest BCUT2D eigenvalue weighted by molar-refractivity contribution is 5.81. The molecule has 0 aliphatic rings. The van der Waals surface area contributed by atoms with Gasteiger partial charge in [-0.15, -0.1) is 0 Å². The molecule has 0 aliphatic carbocycles. The normalized spacial score (nSPS) is 11.8. The van der Waals surface area contributed by atoms with Crippen LogP contribution in [0.2, 0.25) is 0 Å². The van der Waals surface area contributed by atoms with Gasteiger partial charge in [-0.1, -0.05) is 50.6 Å². The van der Waals surface area contributed by atoms with Gasteiger partial charge in [0.2, 0.25) is 0 Å². The molecule has 0 spiro atoms. The summed E-state index contributed by atoms with van der Waals surface area (Å²) in [5, 5.41) is 3.89. The van der Waals surface area contributed by atoms with E-state index in [1.807, 2.05) is 6.92 Å². The van der Waals surface area contributed by atoms with Crippen LogP contribution in [0.3, 0.4) is 0 Å². The van der Waals surface area contributed by atoms with Crippen molar-refractivity contribution in [2.45, 2.75) is 65.2 Å². The molecule has 14 heavy (non-hydrogen) atoms. The molecule has 2 heteroatoms. The Morgan fingerprint density at radius 1 is 1.00 bits per heavy atom. The maximum atomic E-state index is 4.70. The van der Waals surface area contributed by atoms with E-state index in [2.05, 4.69) is 12.1 Å². The molecule has 0 bridgehead atoms. The van der Waals surface area contributed by atoms with Crippen molar-refractivity contribution < 1.29 is 4.84 Å². The van der Waals surface area contributed by atoms with E-state index in [0.717, 1.165) is 12.1 Å². The second kappa shape index (κ2) is 10.6. The third kappa shape index (κ3) is 9.56. The topological polar surface area (TPSA) is 21.6 Å². The van der Waals surface area contributed by atoms with E-state index in [1.54, 1.807) is 7.11 Å². The number of hydrogen-bond donors (Lipinski definition) is 0. The number of rotatable bonds is 9. The zero-order valence-corrected chi connectivity index (χ0v) is 10.0. The molecule has 0 fully saturated rings. The third-order valence-electron chi connectivity index (χ3n) is 2.39. The zero-order chi connectivity index (χ0) is 10.6. The summed E-state index contributed by atoms with van der Waals surface area (Å²) in [6, 6.07) is 0. The van der Waals surface area contributed by atoms with Gasteiger partial charge in [-0.25, -0.2) is 0 Å². The highest BCUT2D eigenvalue weighted by Crippen LogP contribution is 2.08. The molecule has 0 aromatic carbocycles. The first kappa shape index (κ1) is 13.5.